The summed E-state index contributed by atoms with van der Waals surface area (Å²) in [5, 5.41) is 7.52. The fourth-order valence-corrected chi connectivity index (χ4v) is 3.99. The molecule has 2 fully saturated rings. The van der Waals surface area contributed by atoms with Crippen LogP contribution in [0.15, 0.2) is 22.7 Å². The van der Waals surface area contributed by atoms with E-state index in [0.29, 0.717) is 5.92 Å². The van der Waals surface area contributed by atoms with Crippen LogP contribution in [0.2, 0.25) is 0 Å². The van der Waals surface area contributed by atoms with Gasteiger partial charge in [0.2, 0.25) is 0 Å². The zero-order valence-electron chi connectivity index (χ0n) is 14.7. The highest BCUT2D eigenvalue weighted by atomic mass is 79.9. The Balaban J connectivity index is 0.00000121. The van der Waals surface area contributed by atoms with Crippen molar-refractivity contribution < 1.29 is 4.79 Å². The van der Waals surface area contributed by atoms with Gasteiger partial charge in [-0.3, -0.25) is 9.78 Å². The highest BCUT2D eigenvalue weighted by molar-refractivity contribution is 9.10. The molecule has 1 aromatic carbocycles. The molecule has 2 N–H and O–H groups in total. The number of benzene rings is 1. The Morgan fingerprint density at radius 1 is 1.27 bits per heavy atom. The lowest BCUT2D eigenvalue weighted by Gasteiger charge is -2.24. The van der Waals surface area contributed by atoms with Crippen molar-refractivity contribution in [2.45, 2.75) is 44.6 Å². The molecule has 1 saturated heterocycles. The van der Waals surface area contributed by atoms with E-state index in [1.807, 2.05) is 18.2 Å². The van der Waals surface area contributed by atoms with Crippen molar-refractivity contribution in [2.75, 3.05) is 13.1 Å². The largest absolute Gasteiger partial charge is 0.348 e. The lowest BCUT2D eigenvalue weighted by molar-refractivity contribution is 0.0931. The Bertz CT molecular complexity index is 805. The number of halogens is 3. The average molecular weight is 461 g/mol. The molecule has 1 amide bonds. The molecule has 2 aromatic rings. The number of hydrogen-bond acceptors (Lipinski definition) is 3. The van der Waals surface area contributed by atoms with Crippen LogP contribution in [0.4, 0.5) is 0 Å². The molecule has 1 saturated carbocycles. The molecule has 26 heavy (non-hydrogen) atoms. The molecular formula is C19H24BrCl2N3O. The number of fused-ring (bicyclic) bond motifs is 1. The van der Waals surface area contributed by atoms with Crippen molar-refractivity contribution in [2.24, 2.45) is 0 Å². The quantitative estimate of drug-likeness (QED) is 0.708. The third-order valence-corrected chi connectivity index (χ3v) is 5.54. The van der Waals surface area contributed by atoms with Crippen LogP contribution in [0.1, 0.15) is 53.2 Å². The molecule has 1 aliphatic heterocycles. The predicted molar refractivity (Wildman–Crippen MR) is 114 cm³/mol. The summed E-state index contributed by atoms with van der Waals surface area (Å²) in [5.74, 6) is 0.564. The average Bonchev–Trinajstić information content (AvgIpc) is 3.40. The van der Waals surface area contributed by atoms with Crippen LogP contribution >= 0.6 is 40.7 Å². The molecular weight excluding hydrogens is 437 g/mol. The molecule has 0 radical (unpaired) electrons. The summed E-state index contributed by atoms with van der Waals surface area (Å²) in [7, 11) is 0. The van der Waals surface area contributed by atoms with Crippen LogP contribution in [0, 0.1) is 6.92 Å². The monoisotopic (exact) mass is 459 g/mol. The number of amides is 1. The van der Waals surface area contributed by atoms with Crippen LogP contribution < -0.4 is 10.6 Å². The Hall–Kier alpha value is -0.880. The van der Waals surface area contributed by atoms with Crippen LogP contribution in [0.25, 0.3) is 10.9 Å². The highest BCUT2D eigenvalue weighted by Crippen LogP contribution is 2.42. The van der Waals surface area contributed by atoms with E-state index in [9.17, 15) is 4.79 Å². The standard InChI is InChI=1S/C19H22BrN3O.2ClH/c1-11-17(19(24)22-14-3-2-8-21-10-14)15-9-13(20)6-7-16(15)23-18(11)12-4-5-12;;/h6-7,9,12,14,21H,2-5,8,10H2,1H3,(H,22,24);2*1H/t14-;;/m0../s1. The first-order valence-electron chi connectivity index (χ1n) is 8.75. The molecule has 0 unspecified atom stereocenters. The van der Waals surface area contributed by atoms with Gasteiger partial charge in [0.15, 0.2) is 0 Å². The molecule has 7 heteroatoms. The molecule has 2 heterocycles. The van der Waals surface area contributed by atoms with Crippen molar-refractivity contribution in [3.8, 4) is 0 Å². The molecule has 2 aliphatic rings. The molecule has 142 valence electrons. The number of piperidine rings is 1. The van der Waals surface area contributed by atoms with Gasteiger partial charge in [0.05, 0.1) is 11.1 Å². The zero-order valence-corrected chi connectivity index (χ0v) is 17.9. The minimum absolute atomic E-state index is 0. The number of rotatable bonds is 3. The normalized spacial score (nSPS) is 19.4. The van der Waals surface area contributed by atoms with Crippen LogP contribution in [-0.4, -0.2) is 30.0 Å². The Labute approximate surface area is 174 Å². The van der Waals surface area contributed by atoms with Crippen molar-refractivity contribution in [3.63, 3.8) is 0 Å². The molecule has 1 aliphatic carbocycles. The van der Waals surface area contributed by atoms with E-state index in [-0.39, 0.29) is 36.8 Å². The van der Waals surface area contributed by atoms with Gasteiger partial charge in [-0.25, -0.2) is 0 Å². The van der Waals surface area contributed by atoms with Gasteiger partial charge in [0, 0.05) is 34.1 Å². The van der Waals surface area contributed by atoms with E-state index in [2.05, 4.69) is 33.5 Å². The summed E-state index contributed by atoms with van der Waals surface area (Å²) >= 11 is 3.53. The lowest BCUT2D eigenvalue weighted by atomic mass is 9.98. The second-order valence-corrected chi connectivity index (χ2v) is 7.87. The van der Waals surface area contributed by atoms with Crippen molar-refractivity contribution in [3.05, 3.63) is 39.5 Å². The number of carbonyl (C=O) groups is 1. The summed E-state index contributed by atoms with van der Waals surface area (Å²) in [4.78, 5) is 17.9. The smallest absolute Gasteiger partial charge is 0.252 e. The molecule has 4 nitrogen and oxygen atoms in total. The molecule has 1 aromatic heterocycles. The number of aromatic nitrogens is 1. The Morgan fingerprint density at radius 2 is 2.04 bits per heavy atom. The molecule has 4 rings (SSSR count). The second kappa shape index (κ2) is 8.87. The highest BCUT2D eigenvalue weighted by Gasteiger charge is 2.30. The van der Waals surface area contributed by atoms with Gasteiger partial charge in [-0.2, -0.15) is 0 Å². The van der Waals surface area contributed by atoms with E-state index >= 15 is 0 Å². The molecule has 0 bridgehead atoms. The van der Waals surface area contributed by atoms with Gasteiger partial charge >= 0.3 is 0 Å². The summed E-state index contributed by atoms with van der Waals surface area (Å²) in [6.45, 7) is 3.95. The van der Waals surface area contributed by atoms with Gasteiger partial charge < -0.3 is 10.6 Å². The summed E-state index contributed by atoms with van der Waals surface area (Å²) < 4.78 is 0.976. The number of nitrogens with one attached hydrogen (secondary N) is 2. The van der Waals surface area contributed by atoms with E-state index in [1.54, 1.807) is 0 Å². The fourth-order valence-electron chi connectivity index (χ4n) is 3.63. The summed E-state index contributed by atoms with van der Waals surface area (Å²) in [6, 6.07) is 6.23. The van der Waals surface area contributed by atoms with Gasteiger partial charge in [0.25, 0.3) is 5.91 Å². The van der Waals surface area contributed by atoms with Crippen LogP contribution in [0.3, 0.4) is 0 Å². The van der Waals surface area contributed by atoms with Crippen molar-refractivity contribution >= 4 is 57.6 Å². The number of hydrogen-bond donors (Lipinski definition) is 2. The van der Waals surface area contributed by atoms with Crippen LogP contribution in [-0.2, 0) is 0 Å². The first-order valence-corrected chi connectivity index (χ1v) is 9.54. The fraction of sp³-hybridized carbons (Fsp3) is 0.474. The number of pyridine rings is 1. The van der Waals surface area contributed by atoms with Crippen molar-refractivity contribution in [1.82, 2.24) is 15.6 Å². The van der Waals surface area contributed by atoms with E-state index in [0.717, 1.165) is 58.1 Å². The van der Waals surface area contributed by atoms with Gasteiger partial charge in [-0.05, 0) is 62.9 Å². The van der Waals surface area contributed by atoms with Gasteiger partial charge in [-0.15, -0.1) is 24.8 Å². The summed E-state index contributed by atoms with van der Waals surface area (Å²) in [5.41, 5.74) is 3.87. The maximum atomic E-state index is 13.1. The van der Waals surface area contributed by atoms with Gasteiger partial charge in [0.1, 0.15) is 0 Å². The van der Waals surface area contributed by atoms with E-state index in [4.69, 9.17) is 4.98 Å². The van der Waals surface area contributed by atoms with E-state index < -0.39 is 0 Å². The number of carbonyl (C=O) groups excluding carboxylic acids is 1. The molecule has 0 spiro atoms. The first-order chi connectivity index (χ1) is 11.6. The van der Waals surface area contributed by atoms with Crippen LogP contribution in [0.5, 0.6) is 0 Å². The Kier molecular flexibility index (Phi) is 7.31. The number of nitrogens with zero attached hydrogens (tertiary/aromatic N) is 1. The molecule has 1 atom stereocenters. The zero-order chi connectivity index (χ0) is 16.7. The SMILES string of the molecule is Cc1c(C2CC2)nc2ccc(Br)cc2c1C(=O)N[C@H]1CCCNC1.Cl.Cl. The third-order valence-electron chi connectivity index (χ3n) is 5.05. The second-order valence-electron chi connectivity index (χ2n) is 6.95. The predicted octanol–water partition coefficient (Wildman–Crippen LogP) is 4.51. The first kappa shape index (κ1) is 21.4. The third kappa shape index (κ3) is 4.33. The maximum absolute atomic E-state index is 13.1. The minimum Gasteiger partial charge on any atom is -0.348 e. The topological polar surface area (TPSA) is 54.0 Å². The van der Waals surface area contributed by atoms with Gasteiger partial charge in [-0.1, -0.05) is 15.9 Å². The maximum Gasteiger partial charge on any atom is 0.252 e. The minimum atomic E-state index is 0. The summed E-state index contributed by atoms with van der Waals surface area (Å²) in [6.07, 6.45) is 4.52. The van der Waals surface area contributed by atoms with Crippen molar-refractivity contribution in [1.29, 1.82) is 0 Å². The van der Waals surface area contributed by atoms with E-state index in [1.165, 1.54) is 12.8 Å². The lowest BCUT2D eigenvalue weighted by Crippen LogP contribution is -2.45. The Morgan fingerprint density at radius 3 is 2.69 bits per heavy atom.